The van der Waals surface area contributed by atoms with E-state index in [-0.39, 0.29) is 17.9 Å². The number of fused-ring (bicyclic) bond motifs is 1. The fourth-order valence-electron chi connectivity index (χ4n) is 2.97. The second kappa shape index (κ2) is 8.89. The van der Waals surface area contributed by atoms with E-state index >= 15 is 0 Å². The number of nitrogens with zero attached hydrogens (tertiary/aromatic N) is 2. The Morgan fingerprint density at radius 2 is 1.93 bits per heavy atom. The summed E-state index contributed by atoms with van der Waals surface area (Å²) < 4.78 is 43.4. The molecule has 2 aromatic carbocycles. The number of oxime groups is 1. The van der Waals surface area contributed by atoms with E-state index in [0.29, 0.717) is 35.2 Å². The third-order valence-corrected chi connectivity index (χ3v) is 4.21. The van der Waals surface area contributed by atoms with Gasteiger partial charge in [0.25, 0.3) is 0 Å². The molecule has 0 aliphatic rings. The summed E-state index contributed by atoms with van der Waals surface area (Å²) in [6, 6.07) is 12.4. The van der Waals surface area contributed by atoms with Gasteiger partial charge in [-0.05, 0) is 24.6 Å². The molecule has 0 spiro atoms. The number of carbonyl (C=O) groups is 1. The summed E-state index contributed by atoms with van der Waals surface area (Å²) in [6.07, 6.45) is -2.65. The van der Waals surface area contributed by atoms with Crippen LogP contribution in [0.4, 0.5) is 13.2 Å². The summed E-state index contributed by atoms with van der Waals surface area (Å²) in [5, 5.41) is 14.1. The second-order valence-electron chi connectivity index (χ2n) is 6.44. The fourth-order valence-corrected chi connectivity index (χ4v) is 2.97. The molecule has 0 radical (unpaired) electrons. The van der Waals surface area contributed by atoms with Crippen molar-refractivity contribution in [2.75, 3.05) is 6.61 Å². The van der Waals surface area contributed by atoms with Gasteiger partial charge in [0.1, 0.15) is 18.1 Å². The molecule has 3 rings (SSSR count). The van der Waals surface area contributed by atoms with Crippen LogP contribution in [0.2, 0.25) is 0 Å². The fraction of sp³-hybridized carbons (Fsp3) is 0.238. The molecule has 0 bridgehead atoms. The quantitative estimate of drug-likeness (QED) is 0.314. The maximum atomic E-state index is 12.6. The first kappa shape index (κ1) is 21.2. The summed E-state index contributed by atoms with van der Waals surface area (Å²) in [7, 11) is 0. The lowest BCUT2D eigenvalue weighted by Gasteiger charge is -2.12. The normalized spacial score (nSPS) is 12.2. The molecule has 1 heterocycles. The first-order chi connectivity index (χ1) is 14.3. The van der Waals surface area contributed by atoms with Gasteiger partial charge in [-0.2, -0.15) is 0 Å². The second-order valence-corrected chi connectivity index (χ2v) is 6.44. The average molecular weight is 420 g/mol. The number of benzene rings is 2. The van der Waals surface area contributed by atoms with E-state index in [4.69, 9.17) is 4.84 Å². The van der Waals surface area contributed by atoms with Gasteiger partial charge < -0.3 is 19.2 Å². The molecular formula is C21H19F3N2O4. The minimum Gasteiger partial charge on any atom is -0.478 e. The van der Waals surface area contributed by atoms with Crippen LogP contribution >= 0.6 is 0 Å². The lowest BCUT2D eigenvalue weighted by atomic mass is 10.1. The molecule has 0 saturated carbocycles. The Bertz CT molecular complexity index is 1070. The number of para-hydroxylation sites is 1. The molecule has 0 amide bonds. The zero-order chi connectivity index (χ0) is 21.7. The molecule has 0 fully saturated rings. The summed E-state index contributed by atoms with van der Waals surface area (Å²) in [6.45, 7) is 2.31. The maximum absolute atomic E-state index is 12.6. The number of carboxylic acid groups (broad SMARTS) is 1. The van der Waals surface area contributed by atoms with Crippen molar-refractivity contribution in [3.05, 3.63) is 65.9 Å². The molecule has 1 aromatic heterocycles. The monoisotopic (exact) mass is 420 g/mol. The van der Waals surface area contributed by atoms with E-state index in [2.05, 4.69) is 9.89 Å². The predicted molar refractivity (Wildman–Crippen MR) is 105 cm³/mol. The highest BCUT2D eigenvalue weighted by Gasteiger charge is 2.31. The standard InChI is InChI=1S/C21H19F3N2O4/c1-2-10-29-25-18(14-6-5-7-15(11-14)30-21(22,23)24)13-26-12-17(20(27)28)16-8-3-4-9-19(16)26/h3-9,11-12H,2,10,13H2,1H3,(H,27,28)/b25-18+. The molecule has 6 nitrogen and oxygen atoms in total. The van der Waals surface area contributed by atoms with E-state index in [9.17, 15) is 23.1 Å². The predicted octanol–water partition coefficient (Wildman–Crippen LogP) is 5.07. The van der Waals surface area contributed by atoms with Crippen LogP contribution in [0.5, 0.6) is 5.75 Å². The van der Waals surface area contributed by atoms with Crippen LogP contribution < -0.4 is 4.74 Å². The number of aromatic nitrogens is 1. The van der Waals surface area contributed by atoms with Crippen LogP contribution in [-0.4, -0.2) is 34.3 Å². The van der Waals surface area contributed by atoms with Gasteiger partial charge in [0.15, 0.2) is 0 Å². The molecule has 0 saturated heterocycles. The lowest BCUT2D eigenvalue weighted by molar-refractivity contribution is -0.274. The molecule has 0 unspecified atom stereocenters. The zero-order valence-electron chi connectivity index (χ0n) is 16.0. The Morgan fingerprint density at radius 3 is 2.63 bits per heavy atom. The van der Waals surface area contributed by atoms with Gasteiger partial charge in [-0.1, -0.05) is 42.4 Å². The average Bonchev–Trinajstić information content (AvgIpc) is 3.05. The van der Waals surface area contributed by atoms with Crippen molar-refractivity contribution in [1.82, 2.24) is 4.57 Å². The first-order valence-corrected chi connectivity index (χ1v) is 9.14. The van der Waals surface area contributed by atoms with Crippen LogP contribution in [0.15, 0.2) is 59.9 Å². The molecular weight excluding hydrogens is 401 g/mol. The highest BCUT2D eigenvalue weighted by Crippen LogP contribution is 2.25. The van der Waals surface area contributed by atoms with E-state index in [1.165, 1.54) is 24.4 Å². The van der Waals surface area contributed by atoms with Crippen molar-refractivity contribution in [2.45, 2.75) is 26.3 Å². The summed E-state index contributed by atoms with van der Waals surface area (Å²) >= 11 is 0. The van der Waals surface area contributed by atoms with Crippen molar-refractivity contribution >= 4 is 22.6 Å². The van der Waals surface area contributed by atoms with Gasteiger partial charge in [-0.3, -0.25) is 0 Å². The molecule has 0 aliphatic carbocycles. The topological polar surface area (TPSA) is 73.1 Å². The van der Waals surface area contributed by atoms with Crippen molar-refractivity contribution in [3.63, 3.8) is 0 Å². The molecule has 0 atom stereocenters. The van der Waals surface area contributed by atoms with E-state index in [0.717, 1.165) is 0 Å². The molecule has 158 valence electrons. The minimum atomic E-state index is -4.82. The Kier molecular flexibility index (Phi) is 6.29. The van der Waals surface area contributed by atoms with Crippen LogP contribution in [0.3, 0.4) is 0 Å². The van der Waals surface area contributed by atoms with Gasteiger partial charge in [-0.15, -0.1) is 13.2 Å². The largest absolute Gasteiger partial charge is 0.573 e. The van der Waals surface area contributed by atoms with Crippen LogP contribution in [0, 0.1) is 0 Å². The third kappa shape index (κ3) is 5.11. The van der Waals surface area contributed by atoms with Crippen molar-refractivity contribution in [1.29, 1.82) is 0 Å². The Labute approximate surface area is 170 Å². The van der Waals surface area contributed by atoms with Crippen LogP contribution in [0.25, 0.3) is 10.9 Å². The number of rotatable bonds is 8. The number of halogens is 3. The van der Waals surface area contributed by atoms with Crippen molar-refractivity contribution in [2.24, 2.45) is 5.16 Å². The maximum Gasteiger partial charge on any atom is 0.573 e. The van der Waals surface area contributed by atoms with E-state index in [1.807, 2.05) is 6.92 Å². The highest BCUT2D eigenvalue weighted by atomic mass is 19.4. The number of hydrogen-bond donors (Lipinski definition) is 1. The Hall–Kier alpha value is -3.49. The van der Waals surface area contributed by atoms with Crippen molar-refractivity contribution < 1.29 is 32.6 Å². The number of aromatic carboxylic acids is 1. The van der Waals surface area contributed by atoms with E-state index < -0.39 is 12.3 Å². The van der Waals surface area contributed by atoms with Crippen molar-refractivity contribution in [3.8, 4) is 5.75 Å². The number of carboxylic acids is 1. The zero-order valence-corrected chi connectivity index (χ0v) is 16.0. The molecule has 9 heteroatoms. The third-order valence-electron chi connectivity index (χ3n) is 4.21. The summed E-state index contributed by atoms with van der Waals surface area (Å²) in [5.74, 6) is -1.46. The van der Waals surface area contributed by atoms with Crippen LogP contribution in [-0.2, 0) is 11.4 Å². The summed E-state index contributed by atoms with van der Waals surface area (Å²) in [4.78, 5) is 16.9. The lowest BCUT2D eigenvalue weighted by Crippen LogP contribution is -2.18. The molecule has 3 aromatic rings. The molecule has 1 N–H and O–H groups in total. The van der Waals surface area contributed by atoms with Gasteiger partial charge >= 0.3 is 12.3 Å². The smallest absolute Gasteiger partial charge is 0.478 e. The SMILES string of the molecule is CCCO/N=C(\Cn1cc(C(=O)O)c2ccccc21)c1cccc(OC(F)(F)F)c1. The Morgan fingerprint density at radius 1 is 1.17 bits per heavy atom. The molecule has 30 heavy (non-hydrogen) atoms. The summed E-state index contributed by atoms with van der Waals surface area (Å²) in [5.41, 5.74) is 1.46. The number of ether oxygens (including phenoxy) is 1. The van der Waals surface area contributed by atoms with Gasteiger partial charge in [0, 0.05) is 22.7 Å². The number of alkyl halides is 3. The number of hydrogen-bond acceptors (Lipinski definition) is 4. The molecule has 0 aliphatic heterocycles. The first-order valence-electron chi connectivity index (χ1n) is 9.14. The highest BCUT2D eigenvalue weighted by molar-refractivity contribution is 6.05. The van der Waals surface area contributed by atoms with Gasteiger partial charge in [-0.25, -0.2) is 4.79 Å². The van der Waals surface area contributed by atoms with E-state index in [1.54, 1.807) is 34.9 Å². The Balaban J connectivity index is 2.01. The minimum absolute atomic E-state index is 0.0903. The van der Waals surface area contributed by atoms with Crippen LogP contribution in [0.1, 0.15) is 29.3 Å². The van der Waals surface area contributed by atoms with Gasteiger partial charge in [0.2, 0.25) is 0 Å². The van der Waals surface area contributed by atoms with Gasteiger partial charge in [0.05, 0.1) is 12.1 Å².